The first kappa shape index (κ1) is 12.0. The van der Waals surface area contributed by atoms with Gasteiger partial charge in [0.25, 0.3) is 0 Å². The number of hydrogen-bond donors (Lipinski definition) is 2. The molecule has 0 unspecified atom stereocenters. The number of hydrogen-bond acceptors (Lipinski definition) is 4. The van der Waals surface area contributed by atoms with Gasteiger partial charge in [0.2, 0.25) is 5.91 Å². The van der Waals surface area contributed by atoms with E-state index in [1.54, 1.807) is 0 Å². The van der Waals surface area contributed by atoms with Crippen molar-refractivity contribution in [3.05, 3.63) is 0 Å². The molecule has 1 aliphatic carbocycles. The molecule has 0 aromatic carbocycles. The Morgan fingerprint density at radius 3 is 2.60 bits per heavy atom. The zero-order valence-corrected chi connectivity index (χ0v) is 9.04. The number of carbonyl (C=O) groups excluding carboxylic acids is 2. The van der Waals surface area contributed by atoms with Gasteiger partial charge in [0.15, 0.2) is 0 Å². The van der Waals surface area contributed by atoms with Gasteiger partial charge in [0.1, 0.15) is 0 Å². The molecule has 0 saturated heterocycles. The van der Waals surface area contributed by atoms with Crippen molar-refractivity contribution >= 4 is 11.9 Å². The monoisotopic (exact) mass is 214 g/mol. The maximum absolute atomic E-state index is 11.2. The summed E-state index contributed by atoms with van der Waals surface area (Å²) in [6.07, 6.45) is 2.43. The maximum atomic E-state index is 11.2. The van der Waals surface area contributed by atoms with Gasteiger partial charge in [-0.05, 0) is 12.8 Å². The molecule has 0 aliphatic heterocycles. The molecule has 1 amide bonds. The van der Waals surface area contributed by atoms with E-state index in [2.05, 4.69) is 15.4 Å². The highest BCUT2D eigenvalue weighted by atomic mass is 16.5. The molecule has 0 bridgehead atoms. The van der Waals surface area contributed by atoms with E-state index in [4.69, 9.17) is 0 Å². The summed E-state index contributed by atoms with van der Waals surface area (Å²) in [5.74, 6) is 0.203. The van der Waals surface area contributed by atoms with Crippen LogP contribution in [0.2, 0.25) is 0 Å². The van der Waals surface area contributed by atoms with E-state index < -0.39 is 0 Å². The van der Waals surface area contributed by atoms with Crippen molar-refractivity contribution in [3.8, 4) is 0 Å². The minimum atomic E-state index is -0.218. The fourth-order valence-electron chi connectivity index (χ4n) is 1.18. The van der Waals surface area contributed by atoms with Gasteiger partial charge in [0.05, 0.1) is 13.5 Å². The Morgan fingerprint density at radius 1 is 1.27 bits per heavy atom. The summed E-state index contributed by atoms with van der Waals surface area (Å²) in [7, 11) is 1.37. The van der Waals surface area contributed by atoms with Crippen molar-refractivity contribution < 1.29 is 14.3 Å². The molecule has 1 rings (SSSR count). The topological polar surface area (TPSA) is 67.4 Å². The lowest BCUT2D eigenvalue weighted by Crippen LogP contribution is -2.33. The van der Waals surface area contributed by atoms with Gasteiger partial charge in [-0.1, -0.05) is 0 Å². The molecule has 0 heterocycles. The highest BCUT2D eigenvalue weighted by Gasteiger charge is 2.28. The Labute approximate surface area is 89.6 Å². The largest absolute Gasteiger partial charge is 0.469 e. The van der Waals surface area contributed by atoms with Crippen LogP contribution in [-0.4, -0.2) is 38.6 Å². The van der Waals surface area contributed by atoms with E-state index in [0.717, 1.165) is 12.8 Å². The van der Waals surface area contributed by atoms with Crippen molar-refractivity contribution in [2.75, 3.05) is 26.7 Å². The predicted octanol–water partition coefficient (Wildman–Crippen LogP) is -0.335. The van der Waals surface area contributed by atoms with E-state index >= 15 is 0 Å². The second kappa shape index (κ2) is 6.40. The van der Waals surface area contributed by atoms with Gasteiger partial charge in [0, 0.05) is 25.6 Å². The average Bonchev–Trinajstić information content (AvgIpc) is 3.05. The third-order valence-corrected chi connectivity index (χ3v) is 2.28. The zero-order valence-electron chi connectivity index (χ0n) is 9.04. The molecule has 1 saturated carbocycles. The number of methoxy groups -OCH3 is 1. The SMILES string of the molecule is COC(=O)CCNCCNC(=O)C1CC1. The van der Waals surface area contributed by atoms with Crippen LogP contribution in [0.3, 0.4) is 0 Å². The van der Waals surface area contributed by atoms with Crippen molar-refractivity contribution in [3.63, 3.8) is 0 Å². The lowest BCUT2D eigenvalue weighted by molar-refractivity contribution is -0.140. The van der Waals surface area contributed by atoms with Crippen molar-refractivity contribution in [1.82, 2.24) is 10.6 Å². The Kier molecular flexibility index (Phi) is 5.10. The number of ether oxygens (including phenoxy) is 1. The number of nitrogens with one attached hydrogen (secondary N) is 2. The van der Waals surface area contributed by atoms with Crippen LogP contribution in [0, 0.1) is 5.92 Å². The Hall–Kier alpha value is -1.10. The Bertz CT molecular complexity index is 227. The summed E-state index contributed by atoms with van der Waals surface area (Å²) >= 11 is 0. The van der Waals surface area contributed by atoms with Crippen molar-refractivity contribution in [2.24, 2.45) is 5.92 Å². The van der Waals surface area contributed by atoms with E-state index in [1.807, 2.05) is 0 Å². The number of rotatable bonds is 7. The first-order valence-corrected chi connectivity index (χ1v) is 5.29. The van der Waals surface area contributed by atoms with E-state index in [1.165, 1.54) is 7.11 Å². The highest BCUT2D eigenvalue weighted by molar-refractivity contribution is 5.80. The van der Waals surface area contributed by atoms with Gasteiger partial charge >= 0.3 is 5.97 Å². The van der Waals surface area contributed by atoms with Crippen LogP contribution >= 0.6 is 0 Å². The first-order chi connectivity index (χ1) is 7.24. The van der Waals surface area contributed by atoms with Crippen LogP contribution in [0.1, 0.15) is 19.3 Å². The first-order valence-electron chi connectivity index (χ1n) is 5.29. The lowest BCUT2D eigenvalue weighted by atomic mass is 10.4. The third-order valence-electron chi connectivity index (χ3n) is 2.28. The summed E-state index contributed by atoms with van der Waals surface area (Å²) < 4.78 is 4.49. The fraction of sp³-hybridized carbons (Fsp3) is 0.800. The van der Waals surface area contributed by atoms with Gasteiger partial charge in [-0.2, -0.15) is 0 Å². The van der Waals surface area contributed by atoms with E-state index in [9.17, 15) is 9.59 Å². The smallest absolute Gasteiger partial charge is 0.306 e. The predicted molar refractivity (Wildman–Crippen MR) is 55.2 cm³/mol. The van der Waals surface area contributed by atoms with Crippen LogP contribution in [0.15, 0.2) is 0 Å². The quantitative estimate of drug-likeness (QED) is 0.449. The molecule has 5 heteroatoms. The molecular formula is C10H18N2O3. The van der Waals surface area contributed by atoms with Gasteiger partial charge in [-0.25, -0.2) is 0 Å². The molecule has 1 aliphatic rings. The molecule has 0 atom stereocenters. The second-order valence-electron chi connectivity index (χ2n) is 3.64. The summed E-state index contributed by atoms with van der Waals surface area (Å²) in [4.78, 5) is 21.9. The molecule has 0 spiro atoms. The minimum absolute atomic E-state index is 0.157. The Morgan fingerprint density at radius 2 is 2.00 bits per heavy atom. The van der Waals surface area contributed by atoms with E-state index in [-0.39, 0.29) is 17.8 Å². The van der Waals surface area contributed by atoms with Crippen LogP contribution in [0.25, 0.3) is 0 Å². The molecule has 0 radical (unpaired) electrons. The number of esters is 1. The second-order valence-corrected chi connectivity index (χ2v) is 3.64. The van der Waals surface area contributed by atoms with E-state index in [0.29, 0.717) is 26.1 Å². The van der Waals surface area contributed by atoms with Crippen LogP contribution in [-0.2, 0) is 14.3 Å². The average molecular weight is 214 g/mol. The van der Waals surface area contributed by atoms with Crippen molar-refractivity contribution in [2.45, 2.75) is 19.3 Å². The summed E-state index contributed by atoms with van der Waals surface area (Å²) in [6.45, 7) is 1.90. The van der Waals surface area contributed by atoms with Crippen molar-refractivity contribution in [1.29, 1.82) is 0 Å². The highest BCUT2D eigenvalue weighted by Crippen LogP contribution is 2.28. The standard InChI is InChI=1S/C10H18N2O3/c1-15-9(13)4-5-11-6-7-12-10(14)8-2-3-8/h8,11H,2-7H2,1H3,(H,12,14). The van der Waals surface area contributed by atoms with Gasteiger partial charge < -0.3 is 15.4 Å². The lowest BCUT2D eigenvalue weighted by Gasteiger charge is -2.05. The molecule has 5 nitrogen and oxygen atoms in total. The normalized spacial score (nSPS) is 14.7. The van der Waals surface area contributed by atoms with Crippen LogP contribution in [0.5, 0.6) is 0 Å². The van der Waals surface area contributed by atoms with Gasteiger partial charge in [-0.15, -0.1) is 0 Å². The summed E-state index contributed by atoms with van der Waals surface area (Å²) in [5, 5.41) is 5.88. The zero-order chi connectivity index (χ0) is 11.1. The number of carbonyl (C=O) groups is 2. The Balaban J connectivity index is 1.84. The van der Waals surface area contributed by atoms with Crippen LogP contribution < -0.4 is 10.6 Å². The molecule has 86 valence electrons. The maximum Gasteiger partial charge on any atom is 0.306 e. The van der Waals surface area contributed by atoms with Crippen LogP contribution in [0.4, 0.5) is 0 Å². The minimum Gasteiger partial charge on any atom is -0.469 e. The molecule has 15 heavy (non-hydrogen) atoms. The molecule has 0 aromatic rings. The molecule has 0 aromatic heterocycles. The van der Waals surface area contributed by atoms with Gasteiger partial charge in [-0.3, -0.25) is 9.59 Å². The number of amides is 1. The molecule has 2 N–H and O–H groups in total. The molecule has 1 fully saturated rings. The summed E-state index contributed by atoms with van der Waals surface area (Å²) in [6, 6.07) is 0. The summed E-state index contributed by atoms with van der Waals surface area (Å²) in [5.41, 5.74) is 0. The molecular weight excluding hydrogens is 196 g/mol. The fourth-order valence-corrected chi connectivity index (χ4v) is 1.18. The third kappa shape index (κ3) is 5.37.